The number of halogens is 1. The molecule has 3 N–H and O–H groups in total. The first-order valence-corrected chi connectivity index (χ1v) is 10.5. The number of ether oxygens (including phenoxy) is 1. The molecule has 1 amide bonds. The minimum absolute atomic E-state index is 0.0259. The van der Waals surface area contributed by atoms with E-state index in [1.54, 1.807) is 24.3 Å². The Morgan fingerprint density at radius 1 is 1.30 bits per heavy atom. The van der Waals surface area contributed by atoms with Gasteiger partial charge in [0.25, 0.3) is 5.91 Å². The van der Waals surface area contributed by atoms with Crippen LogP contribution in [-0.4, -0.2) is 43.7 Å². The molecule has 0 saturated heterocycles. The van der Waals surface area contributed by atoms with Gasteiger partial charge in [0.2, 0.25) is 15.9 Å². The largest absolute Gasteiger partial charge is 0.495 e. The third-order valence-electron chi connectivity index (χ3n) is 4.20. The van der Waals surface area contributed by atoms with E-state index in [-0.39, 0.29) is 34.2 Å². The molecule has 0 aliphatic rings. The second-order valence-corrected chi connectivity index (χ2v) is 8.21. The number of hydrogen-bond donors (Lipinski definition) is 2. The molecule has 30 heavy (non-hydrogen) atoms. The normalized spacial score (nSPS) is 11.4. The second kappa shape index (κ2) is 8.44. The number of amides is 1. The van der Waals surface area contributed by atoms with E-state index in [9.17, 15) is 18.4 Å². The predicted octanol–water partition coefficient (Wildman–Crippen LogP) is 2.71. The van der Waals surface area contributed by atoms with Crippen LogP contribution in [0.25, 0.3) is 22.6 Å². The van der Waals surface area contributed by atoms with Crippen LogP contribution in [0.4, 0.5) is 0 Å². The standard InChI is InChI=1S/C19H18ClN3O6S/c1-23(25)17(24)10-16-22-18(11-7-8-14(28-2)13(20)9-11)19(29-16)12-5-3-4-6-15(12)30(21,26)27/h3-9,25H,10H2,1-2H3,(H2,21,26,27). The molecule has 0 bridgehead atoms. The van der Waals surface area contributed by atoms with Crippen molar-refractivity contribution in [2.75, 3.05) is 14.2 Å². The maximum absolute atomic E-state index is 12.1. The summed E-state index contributed by atoms with van der Waals surface area (Å²) in [6, 6.07) is 10.8. The molecular weight excluding hydrogens is 434 g/mol. The van der Waals surface area contributed by atoms with Gasteiger partial charge in [-0.3, -0.25) is 10.0 Å². The zero-order valence-corrected chi connectivity index (χ0v) is 17.6. The molecule has 9 nitrogen and oxygen atoms in total. The van der Waals surface area contributed by atoms with Gasteiger partial charge in [-0.05, 0) is 30.3 Å². The van der Waals surface area contributed by atoms with Gasteiger partial charge in [0, 0.05) is 18.2 Å². The summed E-state index contributed by atoms with van der Waals surface area (Å²) in [6.45, 7) is 0. The van der Waals surface area contributed by atoms with E-state index in [0.717, 1.165) is 0 Å². The molecule has 0 aliphatic heterocycles. The van der Waals surface area contributed by atoms with E-state index in [0.29, 0.717) is 21.4 Å². The van der Waals surface area contributed by atoms with Crippen LogP contribution in [-0.2, 0) is 21.2 Å². The molecule has 0 saturated carbocycles. The van der Waals surface area contributed by atoms with Crippen LogP contribution in [0.1, 0.15) is 5.89 Å². The highest BCUT2D eigenvalue weighted by Crippen LogP contribution is 2.38. The van der Waals surface area contributed by atoms with Crippen LogP contribution in [0.5, 0.6) is 5.75 Å². The molecule has 1 aromatic heterocycles. The number of hydroxylamine groups is 2. The number of benzene rings is 2. The van der Waals surface area contributed by atoms with E-state index in [2.05, 4.69) is 4.98 Å². The van der Waals surface area contributed by atoms with Crippen LogP contribution in [0.3, 0.4) is 0 Å². The van der Waals surface area contributed by atoms with Crippen molar-refractivity contribution in [3.63, 3.8) is 0 Å². The van der Waals surface area contributed by atoms with Crippen molar-refractivity contribution in [3.8, 4) is 28.3 Å². The Bertz CT molecular complexity index is 1210. The third-order valence-corrected chi connectivity index (χ3v) is 5.46. The van der Waals surface area contributed by atoms with E-state index < -0.39 is 15.9 Å². The fraction of sp³-hybridized carbons (Fsp3) is 0.158. The van der Waals surface area contributed by atoms with Crippen LogP contribution in [0.2, 0.25) is 5.02 Å². The highest BCUT2D eigenvalue weighted by Gasteiger charge is 2.25. The smallest absolute Gasteiger partial charge is 0.254 e. The first-order chi connectivity index (χ1) is 14.1. The van der Waals surface area contributed by atoms with Crippen molar-refractivity contribution in [1.29, 1.82) is 0 Å². The zero-order valence-electron chi connectivity index (χ0n) is 16.0. The van der Waals surface area contributed by atoms with Crippen LogP contribution in [0.15, 0.2) is 51.8 Å². The van der Waals surface area contributed by atoms with Crippen LogP contribution in [0, 0.1) is 0 Å². The summed E-state index contributed by atoms with van der Waals surface area (Å²) in [5.41, 5.74) is 0.921. The molecule has 0 spiro atoms. The van der Waals surface area contributed by atoms with Crippen molar-refractivity contribution in [1.82, 2.24) is 10.0 Å². The fourth-order valence-corrected chi connectivity index (χ4v) is 3.77. The summed E-state index contributed by atoms with van der Waals surface area (Å²) in [4.78, 5) is 16.1. The summed E-state index contributed by atoms with van der Waals surface area (Å²) in [5, 5.41) is 15.4. The maximum Gasteiger partial charge on any atom is 0.254 e. The number of aromatic nitrogens is 1. The minimum atomic E-state index is -4.08. The number of oxazole rings is 1. The molecule has 158 valence electrons. The average molecular weight is 452 g/mol. The van der Waals surface area contributed by atoms with Crippen molar-refractivity contribution in [2.45, 2.75) is 11.3 Å². The molecule has 2 aromatic carbocycles. The number of nitrogens with zero attached hydrogens (tertiary/aromatic N) is 2. The van der Waals surface area contributed by atoms with Crippen molar-refractivity contribution < 1.29 is 27.6 Å². The fourth-order valence-electron chi connectivity index (χ4n) is 2.78. The lowest BCUT2D eigenvalue weighted by molar-refractivity contribution is -0.158. The number of primary sulfonamides is 1. The molecule has 0 fully saturated rings. The number of sulfonamides is 1. The van der Waals surface area contributed by atoms with Gasteiger partial charge in [-0.25, -0.2) is 23.6 Å². The van der Waals surface area contributed by atoms with Gasteiger partial charge in [0.05, 0.1) is 17.0 Å². The van der Waals surface area contributed by atoms with E-state index in [1.165, 1.54) is 32.4 Å². The van der Waals surface area contributed by atoms with Gasteiger partial charge in [-0.2, -0.15) is 0 Å². The monoisotopic (exact) mass is 451 g/mol. The molecule has 3 aromatic rings. The van der Waals surface area contributed by atoms with Crippen LogP contribution < -0.4 is 9.88 Å². The van der Waals surface area contributed by atoms with Crippen LogP contribution >= 0.6 is 11.6 Å². The molecule has 0 atom stereocenters. The van der Waals surface area contributed by atoms with Crippen molar-refractivity contribution >= 4 is 27.5 Å². The lowest BCUT2D eigenvalue weighted by atomic mass is 10.1. The lowest BCUT2D eigenvalue weighted by Crippen LogP contribution is -2.24. The number of hydrogen-bond acceptors (Lipinski definition) is 7. The molecule has 11 heteroatoms. The lowest BCUT2D eigenvalue weighted by Gasteiger charge is -2.08. The van der Waals surface area contributed by atoms with Gasteiger partial charge >= 0.3 is 0 Å². The Morgan fingerprint density at radius 2 is 2.00 bits per heavy atom. The zero-order chi connectivity index (χ0) is 22.1. The Kier molecular flexibility index (Phi) is 6.13. The van der Waals surface area contributed by atoms with Crippen molar-refractivity contribution in [3.05, 3.63) is 53.4 Å². The molecular formula is C19H18ClN3O6S. The van der Waals surface area contributed by atoms with Crippen molar-refractivity contribution in [2.24, 2.45) is 5.14 Å². The molecule has 0 radical (unpaired) electrons. The van der Waals surface area contributed by atoms with E-state index in [4.69, 9.17) is 25.9 Å². The van der Waals surface area contributed by atoms with Gasteiger partial charge in [-0.1, -0.05) is 23.7 Å². The highest BCUT2D eigenvalue weighted by atomic mass is 35.5. The Hall–Kier alpha value is -2.92. The first-order valence-electron chi connectivity index (χ1n) is 8.53. The number of carbonyl (C=O) groups excluding carboxylic acids is 1. The average Bonchev–Trinajstić information content (AvgIpc) is 3.10. The summed E-state index contributed by atoms with van der Waals surface area (Å²) in [7, 11) is -1.43. The SMILES string of the molecule is COc1ccc(-c2nc(CC(=O)N(C)O)oc2-c2ccccc2S(N)(=O)=O)cc1Cl. The Morgan fingerprint density at radius 3 is 2.60 bits per heavy atom. The number of rotatable bonds is 6. The van der Waals surface area contributed by atoms with E-state index in [1.807, 2.05) is 0 Å². The van der Waals surface area contributed by atoms with Gasteiger partial charge in [-0.15, -0.1) is 0 Å². The third kappa shape index (κ3) is 4.46. The predicted molar refractivity (Wildman–Crippen MR) is 109 cm³/mol. The molecule has 0 unspecified atom stereocenters. The Labute approximate surface area is 177 Å². The minimum Gasteiger partial charge on any atom is -0.495 e. The summed E-state index contributed by atoms with van der Waals surface area (Å²) < 4.78 is 35.0. The van der Waals surface area contributed by atoms with E-state index >= 15 is 0 Å². The van der Waals surface area contributed by atoms with Gasteiger partial charge in [0.15, 0.2) is 5.76 Å². The number of likely N-dealkylation sites (N-methyl/N-ethyl adjacent to an activating group) is 1. The maximum atomic E-state index is 12.1. The number of methoxy groups -OCH3 is 1. The molecule has 1 heterocycles. The van der Waals surface area contributed by atoms with Gasteiger partial charge < -0.3 is 9.15 Å². The second-order valence-electron chi connectivity index (χ2n) is 6.27. The quantitative estimate of drug-likeness (QED) is 0.434. The molecule has 0 aliphatic carbocycles. The first kappa shape index (κ1) is 21.8. The summed E-state index contributed by atoms with van der Waals surface area (Å²) >= 11 is 6.22. The summed E-state index contributed by atoms with van der Waals surface area (Å²) in [5.74, 6) is -0.166. The summed E-state index contributed by atoms with van der Waals surface area (Å²) in [6.07, 6.45) is -0.346. The Balaban J connectivity index is 2.23. The van der Waals surface area contributed by atoms with Gasteiger partial charge in [0.1, 0.15) is 17.9 Å². The number of nitrogens with two attached hydrogens (primary N) is 1. The molecule has 3 rings (SSSR count). The number of carbonyl (C=O) groups is 1. The topological polar surface area (TPSA) is 136 Å². The highest BCUT2D eigenvalue weighted by molar-refractivity contribution is 7.89.